The van der Waals surface area contributed by atoms with Crippen molar-refractivity contribution in [2.24, 2.45) is 0 Å². The topological polar surface area (TPSA) is 62.5 Å². The second-order valence-corrected chi connectivity index (χ2v) is 6.25. The van der Waals surface area contributed by atoms with Crippen LogP contribution in [0.25, 0.3) is 5.65 Å². The van der Waals surface area contributed by atoms with Gasteiger partial charge in [0.05, 0.1) is 6.20 Å². The zero-order valence-corrected chi connectivity index (χ0v) is 14.0. The fourth-order valence-electron chi connectivity index (χ4n) is 3.34. The smallest absolute Gasteiger partial charge is 0.256 e. The minimum atomic E-state index is -0.0943. The highest BCUT2D eigenvalue weighted by Crippen LogP contribution is 2.18. The van der Waals surface area contributed by atoms with Gasteiger partial charge in [0.25, 0.3) is 5.91 Å². The molecule has 0 aromatic carbocycles. The van der Waals surface area contributed by atoms with Crippen LogP contribution < -0.4 is 5.32 Å². The number of carbonyl (C=O) groups excluding carboxylic acids is 1. The predicted molar refractivity (Wildman–Crippen MR) is 89.6 cm³/mol. The molecule has 0 spiro atoms. The highest BCUT2D eigenvalue weighted by molar-refractivity contribution is 5.99. The lowest BCUT2D eigenvalue weighted by atomic mass is 10.0. The van der Waals surface area contributed by atoms with Crippen LogP contribution in [0.4, 0.5) is 0 Å². The van der Waals surface area contributed by atoms with Crippen LogP contribution in [0, 0.1) is 6.92 Å². The monoisotopic (exact) mass is 315 g/mol. The molecule has 1 N–H and O–H groups in total. The molecule has 1 aliphatic rings. The van der Waals surface area contributed by atoms with Gasteiger partial charge in [-0.05, 0) is 38.8 Å². The van der Waals surface area contributed by atoms with E-state index in [1.54, 1.807) is 10.7 Å². The van der Waals surface area contributed by atoms with Gasteiger partial charge in [0, 0.05) is 31.0 Å². The summed E-state index contributed by atoms with van der Waals surface area (Å²) in [6.07, 6.45) is 8.48. The fourth-order valence-corrected chi connectivity index (χ4v) is 3.34. The number of hydrogen-bond donors (Lipinski definition) is 1. The van der Waals surface area contributed by atoms with E-state index in [2.05, 4.69) is 27.2 Å². The van der Waals surface area contributed by atoms with Gasteiger partial charge < -0.3 is 5.32 Å². The number of aryl methyl sites for hydroxylation is 1. The molecule has 1 aliphatic heterocycles. The number of hydrogen-bond acceptors (Lipinski definition) is 4. The van der Waals surface area contributed by atoms with Crippen molar-refractivity contribution in [2.45, 2.75) is 45.6 Å². The maximum absolute atomic E-state index is 12.4. The van der Waals surface area contributed by atoms with Gasteiger partial charge in [0.15, 0.2) is 5.65 Å². The summed E-state index contributed by atoms with van der Waals surface area (Å²) in [4.78, 5) is 19.3. The molecule has 6 heteroatoms. The second-order valence-electron chi connectivity index (χ2n) is 6.25. The predicted octanol–water partition coefficient (Wildman–Crippen LogP) is 2.03. The summed E-state index contributed by atoms with van der Waals surface area (Å²) in [5.41, 5.74) is 2.04. The van der Waals surface area contributed by atoms with Crippen molar-refractivity contribution >= 4 is 11.6 Å². The number of piperidine rings is 1. The van der Waals surface area contributed by atoms with E-state index in [9.17, 15) is 4.79 Å². The third-order valence-electron chi connectivity index (χ3n) is 4.66. The van der Waals surface area contributed by atoms with Crippen molar-refractivity contribution in [1.82, 2.24) is 24.8 Å². The second kappa shape index (κ2) is 7.08. The van der Waals surface area contributed by atoms with Crippen LogP contribution in [-0.2, 0) is 0 Å². The van der Waals surface area contributed by atoms with E-state index in [1.807, 2.05) is 19.2 Å². The van der Waals surface area contributed by atoms with Crippen LogP contribution in [0.5, 0.6) is 0 Å². The molecule has 124 valence electrons. The van der Waals surface area contributed by atoms with Crippen molar-refractivity contribution in [1.29, 1.82) is 0 Å². The van der Waals surface area contributed by atoms with E-state index in [-0.39, 0.29) is 5.91 Å². The minimum absolute atomic E-state index is 0.0943. The molecule has 6 nitrogen and oxygen atoms in total. The quantitative estimate of drug-likeness (QED) is 0.917. The molecule has 23 heavy (non-hydrogen) atoms. The Morgan fingerprint density at radius 1 is 1.43 bits per heavy atom. The zero-order valence-electron chi connectivity index (χ0n) is 14.0. The first-order chi connectivity index (χ1) is 11.2. The molecule has 3 rings (SSSR count). The van der Waals surface area contributed by atoms with Crippen LogP contribution in [0.1, 0.15) is 48.7 Å². The van der Waals surface area contributed by atoms with Gasteiger partial charge >= 0.3 is 0 Å². The number of nitrogens with zero attached hydrogens (tertiary/aromatic N) is 4. The Hall–Kier alpha value is -1.95. The van der Waals surface area contributed by atoms with Gasteiger partial charge in [0.2, 0.25) is 0 Å². The Morgan fingerprint density at radius 3 is 3.13 bits per heavy atom. The summed E-state index contributed by atoms with van der Waals surface area (Å²) >= 11 is 0. The van der Waals surface area contributed by atoms with Gasteiger partial charge in [-0.25, -0.2) is 9.50 Å². The van der Waals surface area contributed by atoms with E-state index >= 15 is 0 Å². The Kier molecular flexibility index (Phi) is 4.91. The Labute approximate surface area is 136 Å². The molecular formula is C17H25N5O. The molecule has 2 aromatic heterocycles. The zero-order chi connectivity index (χ0) is 16.2. The molecule has 0 saturated carbocycles. The molecule has 1 unspecified atom stereocenters. The molecule has 1 fully saturated rings. The molecule has 1 atom stereocenters. The lowest BCUT2D eigenvalue weighted by Gasteiger charge is -2.35. The molecule has 2 aromatic rings. The molecule has 3 heterocycles. The van der Waals surface area contributed by atoms with E-state index in [0.29, 0.717) is 23.8 Å². The lowest BCUT2D eigenvalue weighted by Crippen LogP contribution is -2.43. The number of nitrogens with one attached hydrogen (secondary N) is 1. The largest absolute Gasteiger partial charge is 0.351 e. The maximum Gasteiger partial charge on any atom is 0.256 e. The van der Waals surface area contributed by atoms with Crippen LogP contribution in [0.15, 0.2) is 18.5 Å². The number of amides is 1. The first-order valence-corrected chi connectivity index (χ1v) is 8.52. The number of fused-ring (bicyclic) bond motifs is 1. The van der Waals surface area contributed by atoms with Crippen molar-refractivity contribution in [3.63, 3.8) is 0 Å². The number of carbonyl (C=O) groups is 1. The molecule has 0 radical (unpaired) electrons. The average molecular weight is 315 g/mol. The molecule has 0 aliphatic carbocycles. The van der Waals surface area contributed by atoms with E-state index in [4.69, 9.17) is 0 Å². The van der Waals surface area contributed by atoms with E-state index in [1.165, 1.54) is 25.7 Å². The van der Waals surface area contributed by atoms with E-state index in [0.717, 1.165) is 18.8 Å². The van der Waals surface area contributed by atoms with Crippen LogP contribution >= 0.6 is 0 Å². The number of aromatic nitrogens is 3. The third kappa shape index (κ3) is 3.52. The summed E-state index contributed by atoms with van der Waals surface area (Å²) in [6, 6.07) is 2.55. The van der Waals surface area contributed by atoms with Crippen LogP contribution in [0.3, 0.4) is 0 Å². The highest BCUT2D eigenvalue weighted by Gasteiger charge is 2.20. The number of likely N-dealkylation sites (tertiary alicyclic amines) is 1. The van der Waals surface area contributed by atoms with Crippen molar-refractivity contribution in [2.75, 3.05) is 19.6 Å². The Bertz CT molecular complexity index is 681. The van der Waals surface area contributed by atoms with Gasteiger partial charge in [-0.3, -0.25) is 9.69 Å². The summed E-state index contributed by atoms with van der Waals surface area (Å²) in [6.45, 7) is 6.88. The standard InChI is InChI=1S/C17H25N5O/c1-3-14-6-4-5-9-21(14)11-8-18-17(23)15-12-19-22-10-7-13(2)20-16(15)22/h7,10,12,14H,3-6,8-9,11H2,1-2H3,(H,18,23). The summed E-state index contributed by atoms with van der Waals surface area (Å²) in [7, 11) is 0. The van der Waals surface area contributed by atoms with Gasteiger partial charge in [-0.1, -0.05) is 13.3 Å². The summed E-state index contributed by atoms with van der Waals surface area (Å²) in [5.74, 6) is -0.0943. The average Bonchev–Trinajstić information content (AvgIpc) is 2.98. The fraction of sp³-hybridized carbons (Fsp3) is 0.588. The number of rotatable bonds is 5. The normalized spacial score (nSPS) is 19.1. The van der Waals surface area contributed by atoms with E-state index < -0.39 is 0 Å². The molecule has 1 amide bonds. The first-order valence-electron chi connectivity index (χ1n) is 8.52. The van der Waals surface area contributed by atoms with Crippen molar-refractivity contribution in [3.05, 3.63) is 29.7 Å². The third-order valence-corrected chi connectivity index (χ3v) is 4.66. The maximum atomic E-state index is 12.4. The van der Waals surface area contributed by atoms with Crippen molar-refractivity contribution < 1.29 is 4.79 Å². The molecule has 1 saturated heterocycles. The van der Waals surface area contributed by atoms with Gasteiger partial charge in [-0.2, -0.15) is 5.10 Å². The minimum Gasteiger partial charge on any atom is -0.351 e. The Morgan fingerprint density at radius 2 is 2.30 bits per heavy atom. The first kappa shape index (κ1) is 15.9. The van der Waals surface area contributed by atoms with Gasteiger partial charge in [-0.15, -0.1) is 0 Å². The summed E-state index contributed by atoms with van der Waals surface area (Å²) in [5, 5.41) is 7.20. The van der Waals surface area contributed by atoms with Crippen molar-refractivity contribution in [3.8, 4) is 0 Å². The Balaban J connectivity index is 1.59. The van der Waals surface area contributed by atoms with Crippen LogP contribution in [-0.4, -0.2) is 51.1 Å². The van der Waals surface area contributed by atoms with Crippen LogP contribution in [0.2, 0.25) is 0 Å². The molecule has 0 bridgehead atoms. The lowest BCUT2D eigenvalue weighted by molar-refractivity contribution is 0.0935. The SMILES string of the molecule is CCC1CCCCN1CCNC(=O)c1cnn2ccc(C)nc12. The molecular weight excluding hydrogens is 290 g/mol. The highest BCUT2D eigenvalue weighted by atomic mass is 16.1. The summed E-state index contributed by atoms with van der Waals surface area (Å²) < 4.78 is 1.64. The van der Waals surface area contributed by atoms with Gasteiger partial charge in [0.1, 0.15) is 5.56 Å².